The zero-order valence-electron chi connectivity index (χ0n) is 14.2. The van der Waals surface area contributed by atoms with Gasteiger partial charge in [0.15, 0.2) is 0 Å². The highest BCUT2D eigenvalue weighted by atomic mass is 14.6. The number of rotatable bonds is 4. The van der Waals surface area contributed by atoms with Crippen molar-refractivity contribution in [1.82, 2.24) is 4.98 Å². The Bertz CT molecular complexity index is 922. The van der Waals surface area contributed by atoms with Crippen LogP contribution in [0.4, 0.5) is 0 Å². The van der Waals surface area contributed by atoms with Crippen molar-refractivity contribution in [2.45, 2.75) is 13.8 Å². The molecule has 1 aromatic heterocycles. The maximum Gasteiger partial charge on any atom is 0.0346 e. The molecule has 1 nitrogen and oxygen atoms in total. The standard InChI is InChI=1S/C23H21N/c1-4-19(13-10-18(3)20-11-8-17(2)9-12-20)22-7-5-6-21-16-24-15-14-23(21)22/h4-16H,1H2,2-3H3/b18-10+,19-13+. The summed E-state index contributed by atoms with van der Waals surface area (Å²) < 4.78 is 0. The first kappa shape index (κ1) is 15.9. The van der Waals surface area contributed by atoms with E-state index in [1.807, 2.05) is 18.5 Å². The third-order valence-corrected chi connectivity index (χ3v) is 4.23. The van der Waals surface area contributed by atoms with Gasteiger partial charge in [0.05, 0.1) is 0 Å². The molecule has 0 fully saturated rings. The topological polar surface area (TPSA) is 12.9 Å². The summed E-state index contributed by atoms with van der Waals surface area (Å²) in [5.41, 5.74) is 6.04. The van der Waals surface area contributed by atoms with Gasteiger partial charge in [-0.25, -0.2) is 0 Å². The molecule has 3 rings (SSSR count). The van der Waals surface area contributed by atoms with Crippen LogP contribution in [0.3, 0.4) is 0 Å². The number of hydrogen-bond donors (Lipinski definition) is 0. The summed E-state index contributed by atoms with van der Waals surface area (Å²) in [5, 5.41) is 2.34. The quantitative estimate of drug-likeness (QED) is 0.521. The summed E-state index contributed by atoms with van der Waals surface area (Å²) in [4.78, 5) is 4.20. The lowest BCUT2D eigenvalue weighted by atomic mass is 9.98. The van der Waals surface area contributed by atoms with Crippen LogP contribution >= 0.6 is 0 Å². The maximum atomic E-state index is 4.20. The minimum absolute atomic E-state index is 1.11. The summed E-state index contributed by atoms with van der Waals surface area (Å²) in [6.07, 6.45) is 9.93. The van der Waals surface area contributed by atoms with Gasteiger partial charge in [-0.05, 0) is 47.6 Å². The first-order valence-electron chi connectivity index (χ1n) is 8.10. The van der Waals surface area contributed by atoms with Crippen LogP contribution in [-0.2, 0) is 0 Å². The molecule has 0 aliphatic heterocycles. The smallest absolute Gasteiger partial charge is 0.0346 e. The van der Waals surface area contributed by atoms with E-state index < -0.39 is 0 Å². The van der Waals surface area contributed by atoms with Crippen molar-refractivity contribution in [3.05, 3.63) is 102 Å². The number of hydrogen-bond acceptors (Lipinski definition) is 1. The molecule has 24 heavy (non-hydrogen) atoms. The lowest BCUT2D eigenvalue weighted by molar-refractivity contribution is 1.36. The minimum atomic E-state index is 1.11. The zero-order valence-corrected chi connectivity index (χ0v) is 14.2. The van der Waals surface area contributed by atoms with Crippen LogP contribution < -0.4 is 0 Å². The van der Waals surface area contributed by atoms with Crippen LogP contribution in [0, 0.1) is 6.92 Å². The summed E-state index contributed by atoms with van der Waals surface area (Å²) in [7, 11) is 0. The van der Waals surface area contributed by atoms with Gasteiger partial charge >= 0.3 is 0 Å². The lowest BCUT2D eigenvalue weighted by Crippen LogP contribution is -1.85. The van der Waals surface area contributed by atoms with E-state index in [-0.39, 0.29) is 0 Å². The van der Waals surface area contributed by atoms with E-state index in [0.717, 1.165) is 11.0 Å². The Morgan fingerprint density at radius 2 is 1.79 bits per heavy atom. The lowest BCUT2D eigenvalue weighted by Gasteiger charge is -2.07. The molecule has 0 saturated carbocycles. The highest BCUT2D eigenvalue weighted by Gasteiger charge is 2.03. The van der Waals surface area contributed by atoms with Crippen molar-refractivity contribution >= 4 is 21.9 Å². The van der Waals surface area contributed by atoms with Gasteiger partial charge in [-0.15, -0.1) is 0 Å². The van der Waals surface area contributed by atoms with E-state index in [2.05, 4.69) is 86.1 Å². The second-order valence-electron chi connectivity index (χ2n) is 5.94. The van der Waals surface area contributed by atoms with E-state index in [1.54, 1.807) is 0 Å². The molecule has 0 aliphatic rings. The van der Waals surface area contributed by atoms with Gasteiger partial charge < -0.3 is 0 Å². The van der Waals surface area contributed by atoms with Gasteiger partial charge in [-0.3, -0.25) is 4.98 Å². The molecule has 0 amide bonds. The molecule has 0 spiro atoms. The van der Waals surface area contributed by atoms with Crippen molar-refractivity contribution in [2.75, 3.05) is 0 Å². The molecule has 0 radical (unpaired) electrons. The number of allylic oxidation sites excluding steroid dienone is 5. The Morgan fingerprint density at radius 1 is 1.00 bits per heavy atom. The second kappa shape index (κ2) is 7.10. The number of aromatic nitrogens is 1. The van der Waals surface area contributed by atoms with Gasteiger partial charge in [-0.1, -0.05) is 72.8 Å². The Morgan fingerprint density at radius 3 is 2.54 bits per heavy atom. The van der Waals surface area contributed by atoms with E-state index in [0.29, 0.717) is 0 Å². The van der Waals surface area contributed by atoms with E-state index in [4.69, 9.17) is 0 Å². The predicted molar refractivity (Wildman–Crippen MR) is 105 cm³/mol. The molecular formula is C23H21N. The largest absolute Gasteiger partial charge is 0.264 e. The van der Waals surface area contributed by atoms with Crippen molar-refractivity contribution in [1.29, 1.82) is 0 Å². The van der Waals surface area contributed by atoms with E-state index in [1.165, 1.54) is 27.6 Å². The SMILES string of the molecule is C=C/C(=C\C=C(/C)c1ccc(C)cc1)c1cccc2cnccc12. The molecule has 0 bridgehead atoms. The summed E-state index contributed by atoms with van der Waals surface area (Å²) in [5.74, 6) is 0. The van der Waals surface area contributed by atoms with Gasteiger partial charge in [0.25, 0.3) is 0 Å². The number of fused-ring (bicyclic) bond motifs is 1. The van der Waals surface area contributed by atoms with Gasteiger partial charge in [0.2, 0.25) is 0 Å². The Kier molecular flexibility index (Phi) is 4.72. The van der Waals surface area contributed by atoms with Crippen LogP contribution in [0.1, 0.15) is 23.6 Å². The van der Waals surface area contributed by atoms with Crippen molar-refractivity contribution < 1.29 is 0 Å². The first-order valence-corrected chi connectivity index (χ1v) is 8.10. The van der Waals surface area contributed by atoms with Gasteiger partial charge in [0, 0.05) is 17.8 Å². The van der Waals surface area contributed by atoms with Crippen LogP contribution in [0.25, 0.3) is 21.9 Å². The normalized spacial score (nSPS) is 12.4. The molecule has 0 N–H and O–H groups in total. The predicted octanol–water partition coefficient (Wildman–Crippen LogP) is 6.22. The third kappa shape index (κ3) is 3.36. The average molecular weight is 311 g/mol. The third-order valence-electron chi connectivity index (χ3n) is 4.23. The first-order chi connectivity index (χ1) is 11.7. The fourth-order valence-corrected chi connectivity index (χ4v) is 2.77. The van der Waals surface area contributed by atoms with Crippen molar-refractivity contribution in [3.8, 4) is 0 Å². The molecule has 118 valence electrons. The number of pyridine rings is 1. The molecule has 1 heteroatoms. The molecule has 2 aromatic carbocycles. The number of aryl methyl sites for hydroxylation is 1. The fraction of sp³-hybridized carbons (Fsp3) is 0.0870. The summed E-state index contributed by atoms with van der Waals surface area (Å²) in [6.45, 7) is 8.23. The van der Waals surface area contributed by atoms with Crippen LogP contribution in [0.15, 0.2) is 85.7 Å². The Balaban J connectivity index is 2.01. The van der Waals surface area contributed by atoms with Gasteiger partial charge in [-0.2, -0.15) is 0 Å². The number of benzene rings is 2. The molecule has 1 heterocycles. The monoisotopic (exact) mass is 311 g/mol. The zero-order chi connectivity index (χ0) is 16.9. The molecule has 0 atom stereocenters. The van der Waals surface area contributed by atoms with E-state index in [9.17, 15) is 0 Å². The highest BCUT2D eigenvalue weighted by molar-refractivity contribution is 5.96. The minimum Gasteiger partial charge on any atom is -0.264 e. The molecule has 0 unspecified atom stereocenters. The molecular weight excluding hydrogens is 290 g/mol. The summed E-state index contributed by atoms with van der Waals surface area (Å²) >= 11 is 0. The molecule has 3 aromatic rings. The Labute approximate surface area is 143 Å². The fourth-order valence-electron chi connectivity index (χ4n) is 2.77. The van der Waals surface area contributed by atoms with Crippen molar-refractivity contribution in [3.63, 3.8) is 0 Å². The van der Waals surface area contributed by atoms with Crippen molar-refractivity contribution in [2.24, 2.45) is 0 Å². The van der Waals surface area contributed by atoms with Crippen LogP contribution in [-0.4, -0.2) is 4.98 Å². The van der Waals surface area contributed by atoms with E-state index >= 15 is 0 Å². The molecule has 0 aliphatic carbocycles. The number of nitrogens with zero attached hydrogens (tertiary/aromatic N) is 1. The van der Waals surface area contributed by atoms with Crippen LogP contribution in [0.2, 0.25) is 0 Å². The maximum absolute atomic E-state index is 4.20. The second-order valence-corrected chi connectivity index (χ2v) is 5.94. The average Bonchev–Trinajstić information content (AvgIpc) is 2.62. The Hall–Kier alpha value is -2.93. The van der Waals surface area contributed by atoms with Crippen LogP contribution in [0.5, 0.6) is 0 Å². The van der Waals surface area contributed by atoms with Gasteiger partial charge in [0.1, 0.15) is 0 Å². The molecule has 0 saturated heterocycles. The summed E-state index contributed by atoms with van der Waals surface area (Å²) in [6, 6.07) is 16.9. The highest BCUT2D eigenvalue weighted by Crippen LogP contribution is 2.26.